The summed E-state index contributed by atoms with van der Waals surface area (Å²) in [4.78, 5) is 42.6. The number of benzene rings is 1. The van der Waals surface area contributed by atoms with Gasteiger partial charge in [0.1, 0.15) is 5.75 Å². The fraction of sp³-hybridized carbons (Fsp3) is 0.444. The van der Waals surface area contributed by atoms with Crippen LogP contribution in [-0.4, -0.2) is 49.9 Å². The molecule has 2 aliphatic heterocycles. The van der Waals surface area contributed by atoms with Crippen LogP contribution < -0.4 is 15.0 Å². The van der Waals surface area contributed by atoms with Crippen LogP contribution in [0.3, 0.4) is 0 Å². The second-order valence-electron chi connectivity index (χ2n) is 6.22. The van der Waals surface area contributed by atoms with Crippen LogP contribution in [0.5, 0.6) is 5.75 Å². The lowest BCUT2D eigenvalue weighted by Crippen LogP contribution is -2.60. The van der Waals surface area contributed by atoms with Gasteiger partial charge >= 0.3 is 6.03 Å². The van der Waals surface area contributed by atoms with E-state index in [0.717, 1.165) is 17.7 Å². The molecule has 2 fully saturated rings. The van der Waals surface area contributed by atoms with Crippen LogP contribution in [0.15, 0.2) is 29.3 Å². The van der Waals surface area contributed by atoms with E-state index in [1.807, 2.05) is 0 Å². The van der Waals surface area contributed by atoms with Gasteiger partial charge < -0.3 is 9.47 Å². The molecular weight excluding hydrogens is 338 g/mol. The second-order valence-corrected chi connectivity index (χ2v) is 6.22. The minimum Gasteiger partial charge on any atom is -0.497 e. The van der Waals surface area contributed by atoms with Crippen molar-refractivity contribution in [2.45, 2.75) is 25.9 Å². The summed E-state index contributed by atoms with van der Waals surface area (Å²) in [7, 11) is 1.52. The molecule has 0 radical (unpaired) electrons. The molecule has 2 aliphatic rings. The minimum atomic E-state index is -1.13. The SMILES string of the molecule is COc1ccc(N2C(=O)NC(=O)C(C(C)=NC[C@H]3CCCO3)C2=O)cc1. The molecule has 1 aromatic carbocycles. The molecule has 0 aliphatic carbocycles. The van der Waals surface area contributed by atoms with Gasteiger partial charge in [0.2, 0.25) is 5.91 Å². The number of ether oxygens (including phenoxy) is 2. The number of nitrogens with one attached hydrogen (secondary N) is 1. The number of rotatable bonds is 5. The Morgan fingerprint density at radius 3 is 2.65 bits per heavy atom. The quantitative estimate of drug-likeness (QED) is 0.635. The van der Waals surface area contributed by atoms with Gasteiger partial charge in [0.05, 0.1) is 25.4 Å². The van der Waals surface area contributed by atoms with E-state index in [0.29, 0.717) is 30.3 Å². The van der Waals surface area contributed by atoms with Gasteiger partial charge in [-0.25, -0.2) is 9.69 Å². The molecular formula is C18H21N3O5. The van der Waals surface area contributed by atoms with Crippen LogP contribution in [0, 0.1) is 5.92 Å². The lowest BCUT2D eigenvalue weighted by Gasteiger charge is -2.30. The number of aliphatic imine (C=N–C) groups is 1. The molecule has 3 rings (SSSR count). The maximum Gasteiger partial charge on any atom is 0.335 e. The number of nitrogens with zero attached hydrogens (tertiary/aromatic N) is 2. The molecule has 4 amide bonds. The standard InChI is InChI=1S/C18H21N3O5/c1-11(19-10-14-4-3-9-26-14)15-16(22)20-18(24)21(17(15)23)12-5-7-13(25-2)8-6-12/h5-8,14-15H,3-4,9-10H2,1-2H3,(H,20,22,24)/t14-,15?/m1/s1. The summed E-state index contributed by atoms with van der Waals surface area (Å²) in [5, 5.41) is 2.23. The van der Waals surface area contributed by atoms with E-state index >= 15 is 0 Å². The number of methoxy groups -OCH3 is 1. The minimum absolute atomic E-state index is 0.0195. The summed E-state index contributed by atoms with van der Waals surface area (Å²) in [6.07, 6.45) is 1.92. The highest BCUT2D eigenvalue weighted by Gasteiger charge is 2.42. The van der Waals surface area contributed by atoms with Crippen molar-refractivity contribution in [3.8, 4) is 5.75 Å². The summed E-state index contributed by atoms with van der Waals surface area (Å²) in [5.74, 6) is -1.80. The van der Waals surface area contributed by atoms with Crippen LogP contribution in [0.25, 0.3) is 0 Å². The zero-order valence-electron chi connectivity index (χ0n) is 14.7. The van der Waals surface area contributed by atoms with E-state index in [1.54, 1.807) is 31.2 Å². The number of carbonyl (C=O) groups is 3. The van der Waals surface area contributed by atoms with E-state index in [2.05, 4.69) is 10.3 Å². The summed E-state index contributed by atoms with van der Waals surface area (Å²) in [6.45, 7) is 2.74. The predicted molar refractivity (Wildman–Crippen MR) is 94.5 cm³/mol. The molecule has 1 N–H and O–H groups in total. The number of anilines is 1. The molecule has 8 nitrogen and oxygen atoms in total. The Balaban J connectivity index is 1.81. The number of amides is 4. The van der Waals surface area contributed by atoms with Gasteiger partial charge in [-0.15, -0.1) is 0 Å². The molecule has 0 bridgehead atoms. The molecule has 0 aromatic heterocycles. The fourth-order valence-electron chi connectivity index (χ4n) is 3.04. The first-order valence-electron chi connectivity index (χ1n) is 8.46. The summed E-state index contributed by atoms with van der Waals surface area (Å²) in [5.41, 5.74) is 0.728. The van der Waals surface area contributed by atoms with Crippen LogP contribution in [0.1, 0.15) is 19.8 Å². The average molecular weight is 359 g/mol. The highest BCUT2D eigenvalue weighted by Crippen LogP contribution is 2.24. The number of hydrogen-bond donors (Lipinski definition) is 1. The van der Waals surface area contributed by atoms with E-state index < -0.39 is 23.8 Å². The van der Waals surface area contributed by atoms with Crippen LogP contribution in [0.4, 0.5) is 10.5 Å². The molecule has 8 heteroatoms. The van der Waals surface area contributed by atoms with Gasteiger partial charge in [0.15, 0.2) is 5.92 Å². The Labute approximate surface area is 151 Å². The summed E-state index contributed by atoms with van der Waals surface area (Å²) in [6, 6.07) is 5.68. The Kier molecular flexibility index (Phi) is 5.32. The van der Waals surface area contributed by atoms with Crippen molar-refractivity contribution in [1.82, 2.24) is 5.32 Å². The van der Waals surface area contributed by atoms with Crippen molar-refractivity contribution in [3.63, 3.8) is 0 Å². The lowest BCUT2D eigenvalue weighted by molar-refractivity contribution is -0.131. The average Bonchev–Trinajstić information content (AvgIpc) is 3.13. The van der Waals surface area contributed by atoms with Gasteiger partial charge in [0, 0.05) is 12.3 Å². The maximum atomic E-state index is 12.8. The van der Waals surface area contributed by atoms with Gasteiger partial charge in [-0.3, -0.25) is 19.9 Å². The second kappa shape index (κ2) is 7.65. The monoisotopic (exact) mass is 359 g/mol. The van der Waals surface area contributed by atoms with Crippen LogP contribution >= 0.6 is 0 Å². The molecule has 0 spiro atoms. The third kappa shape index (κ3) is 3.60. The number of imide groups is 2. The first kappa shape index (κ1) is 18.1. The first-order valence-corrected chi connectivity index (χ1v) is 8.46. The topological polar surface area (TPSA) is 97.3 Å². The number of carbonyl (C=O) groups excluding carboxylic acids is 3. The third-order valence-electron chi connectivity index (χ3n) is 4.48. The van der Waals surface area contributed by atoms with Crippen LogP contribution in [0.2, 0.25) is 0 Å². The lowest BCUT2D eigenvalue weighted by atomic mass is 9.99. The van der Waals surface area contributed by atoms with Gasteiger partial charge in [-0.05, 0) is 44.0 Å². The Morgan fingerprint density at radius 2 is 2.04 bits per heavy atom. The van der Waals surface area contributed by atoms with Crippen molar-refractivity contribution in [2.24, 2.45) is 10.9 Å². The zero-order chi connectivity index (χ0) is 18.7. The van der Waals surface area contributed by atoms with E-state index in [-0.39, 0.29) is 6.10 Å². The number of hydrogen-bond acceptors (Lipinski definition) is 6. The number of urea groups is 1. The molecule has 1 aromatic rings. The van der Waals surface area contributed by atoms with Gasteiger partial charge in [-0.2, -0.15) is 0 Å². The first-order chi connectivity index (χ1) is 12.5. The molecule has 1 unspecified atom stereocenters. The molecule has 2 saturated heterocycles. The largest absolute Gasteiger partial charge is 0.497 e. The molecule has 2 heterocycles. The number of barbiturate groups is 1. The Bertz CT molecular complexity index is 738. The fourth-order valence-corrected chi connectivity index (χ4v) is 3.04. The third-order valence-corrected chi connectivity index (χ3v) is 4.48. The summed E-state index contributed by atoms with van der Waals surface area (Å²) >= 11 is 0. The van der Waals surface area contributed by atoms with Crippen molar-refractivity contribution in [1.29, 1.82) is 0 Å². The highest BCUT2D eigenvalue weighted by atomic mass is 16.5. The zero-order valence-corrected chi connectivity index (χ0v) is 14.7. The normalized spacial score (nSPS) is 24.0. The summed E-state index contributed by atoms with van der Waals surface area (Å²) < 4.78 is 10.6. The smallest absolute Gasteiger partial charge is 0.335 e. The van der Waals surface area contributed by atoms with Gasteiger partial charge in [0.25, 0.3) is 5.91 Å². The maximum absolute atomic E-state index is 12.8. The molecule has 0 saturated carbocycles. The van der Waals surface area contributed by atoms with Crippen LogP contribution in [-0.2, 0) is 14.3 Å². The van der Waals surface area contributed by atoms with E-state index in [4.69, 9.17) is 9.47 Å². The van der Waals surface area contributed by atoms with Gasteiger partial charge in [-0.1, -0.05) is 0 Å². The Hall–Kier alpha value is -2.74. The van der Waals surface area contributed by atoms with Crippen molar-refractivity contribution >= 4 is 29.2 Å². The highest BCUT2D eigenvalue weighted by molar-refractivity contribution is 6.35. The molecule has 26 heavy (non-hydrogen) atoms. The molecule has 2 atom stereocenters. The van der Waals surface area contributed by atoms with E-state index in [1.165, 1.54) is 7.11 Å². The molecule has 138 valence electrons. The van der Waals surface area contributed by atoms with Crippen molar-refractivity contribution < 1.29 is 23.9 Å². The van der Waals surface area contributed by atoms with E-state index in [9.17, 15) is 14.4 Å². The predicted octanol–water partition coefficient (Wildman–Crippen LogP) is 1.53. The van der Waals surface area contributed by atoms with Crippen molar-refractivity contribution in [2.75, 3.05) is 25.2 Å². The Morgan fingerprint density at radius 1 is 1.31 bits per heavy atom. The van der Waals surface area contributed by atoms with Crippen molar-refractivity contribution in [3.05, 3.63) is 24.3 Å².